The number of pyridine rings is 1. The van der Waals surface area contributed by atoms with Crippen LogP contribution in [0.2, 0.25) is 0 Å². The standard InChI is InChI=1S/C10H14N2S/c1-13-10-4-5-11-7-9(10)12-6-8-2-3-8/h4-5,7-8,12H,2-3,6H2,1H3. The smallest absolute Gasteiger partial charge is 0.0664 e. The molecule has 0 bridgehead atoms. The Kier molecular flexibility index (Phi) is 2.74. The summed E-state index contributed by atoms with van der Waals surface area (Å²) in [5.74, 6) is 0.912. The fraction of sp³-hybridized carbons (Fsp3) is 0.500. The van der Waals surface area contributed by atoms with Crippen LogP contribution in [0.15, 0.2) is 23.4 Å². The highest BCUT2D eigenvalue weighted by atomic mass is 32.2. The number of thioether (sulfide) groups is 1. The van der Waals surface area contributed by atoms with Gasteiger partial charge < -0.3 is 5.32 Å². The minimum absolute atomic E-state index is 0.912. The van der Waals surface area contributed by atoms with Crippen molar-refractivity contribution in [2.75, 3.05) is 18.1 Å². The van der Waals surface area contributed by atoms with E-state index in [9.17, 15) is 0 Å². The molecule has 1 N–H and O–H groups in total. The Hall–Kier alpha value is -0.700. The molecule has 0 unspecified atom stereocenters. The Morgan fingerprint density at radius 2 is 2.46 bits per heavy atom. The van der Waals surface area contributed by atoms with Crippen molar-refractivity contribution in [2.24, 2.45) is 5.92 Å². The van der Waals surface area contributed by atoms with Crippen molar-refractivity contribution in [3.8, 4) is 0 Å². The van der Waals surface area contributed by atoms with Crippen LogP contribution in [0.5, 0.6) is 0 Å². The molecule has 1 fully saturated rings. The molecule has 70 valence electrons. The van der Waals surface area contributed by atoms with E-state index >= 15 is 0 Å². The van der Waals surface area contributed by atoms with Crippen molar-refractivity contribution in [3.63, 3.8) is 0 Å². The quantitative estimate of drug-likeness (QED) is 0.746. The Morgan fingerprint density at radius 1 is 1.62 bits per heavy atom. The number of nitrogens with one attached hydrogen (secondary N) is 1. The van der Waals surface area contributed by atoms with Gasteiger partial charge in [0.25, 0.3) is 0 Å². The van der Waals surface area contributed by atoms with Gasteiger partial charge in [0.05, 0.1) is 11.9 Å². The van der Waals surface area contributed by atoms with Gasteiger partial charge in [-0.3, -0.25) is 4.98 Å². The van der Waals surface area contributed by atoms with Crippen molar-refractivity contribution < 1.29 is 0 Å². The molecule has 0 aromatic carbocycles. The van der Waals surface area contributed by atoms with E-state index in [1.165, 1.54) is 23.4 Å². The predicted molar refractivity (Wildman–Crippen MR) is 57.2 cm³/mol. The largest absolute Gasteiger partial charge is 0.383 e. The first-order chi connectivity index (χ1) is 6.40. The number of aromatic nitrogens is 1. The third-order valence-corrected chi connectivity index (χ3v) is 3.07. The van der Waals surface area contributed by atoms with Crippen LogP contribution in [0.25, 0.3) is 0 Å². The van der Waals surface area contributed by atoms with Gasteiger partial charge in [-0.05, 0) is 31.1 Å². The second-order valence-corrected chi connectivity index (χ2v) is 4.25. The van der Waals surface area contributed by atoms with Gasteiger partial charge >= 0.3 is 0 Å². The maximum atomic E-state index is 4.12. The van der Waals surface area contributed by atoms with Crippen molar-refractivity contribution in [2.45, 2.75) is 17.7 Å². The van der Waals surface area contributed by atoms with Crippen LogP contribution >= 0.6 is 11.8 Å². The second-order valence-electron chi connectivity index (χ2n) is 3.40. The second kappa shape index (κ2) is 4.01. The molecule has 1 aliphatic carbocycles. The summed E-state index contributed by atoms with van der Waals surface area (Å²) in [5.41, 5.74) is 1.18. The van der Waals surface area contributed by atoms with Crippen molar-refractivity contribution in [3.05, 3.63) is 18.5 Å². The SMILES string of the molecule is CSc1ccncc1NCC1CC1. The third kappa shape index (κ3) is 2.37. The number of nitrogens with zero attached hydrogens (tertiary/aromatic N) is 1. The minimum atomic E-state index is 0.912. The Bertz CT molecular complexity index is 284. The number of hydrogen-bond donors (Lipinski definition) is 1. The van der Waals surface area contributed by atoms with E-state index in [1.54, 1.807) is 11.8 Å². The first-order valence-corrected chi connectivity index (χ1v) is 5.84. The topological polar surface area (TPSA) is 24.9 Å². The molecule has 3 heteroatoms. The summed E-state index contributed by atoms with van der Waals surface area (Å²) < 4.78 is 0. The summed E-state index contributed by atoms with van der Waals surface area (Å²) in [6, 6.07) is 2.06. The molecule has 0 radical (unpaired) electrons. The van der Waals surface area contributed by atoms with Crippen molar-refractivity contribution in [1.82, 2.24) is 4.98 Å². The molecule has 1 heterocycles. The van der Waals surface area contributed by atoms with Gasteiger partial charge in [-0.1, -0.05) is 0 Å². The van der Waals surface area contributed by atoms with Crippen LogP contribution in [-0.2, 0) is 0 Å². The zero-order valence-corrected chi connectivity index (χ0v) is 8.60. The fourth-order valence-corrected chi connectivity index (χ4v) is 1.81. The lowest BCUT2D eigenvalue weighted by Crippen LogP contribution is -2.04. The summed E-state index contributed by atoms with van der Waals surface area (Å²) in [4.78, 5) is 5.40. The summed E-state index contributed by atoms with van der Waals surface area (Å²) in [7, 11) is 0. The van der Waals surface area contributed by atoms with Gasteiger partial charge in [-0.25, -0.2) is 0 Å². The molecule has 1 saturated carbocycles. The van der Waals surface area contributed by atoms with Crippen LogP contribution in [0.1, 0.15) is 12.8 Å². The molecule has 13 heavy (non-hydrogen) atoms. The lowest BCUT2D eigenvalue weighted by atomic mass is 10.3. The molecule has 1 aromatic rings. The lowest BCUT2D eigenvalue weighted by Gasteiger charge is -2.08. The van der Waals surface area contributed by atoms with Crippen molar-refractivity contribution >= 4 is 17.4 Å². The van der Waals surface area contributed by atoms with Crippen LogP contribution in [0, 0.1) is 5.92 Å². The van der Waals surface area contributed by atoms with Crippen LogP contribution < -0.4 is 5.32 Å². The molecular weight excluding hydrogens is 180 g/mol. The zero-order valence-electron chi connectivity index (χ0n) is 7.79. The molecule has 2 rings (SSSR count). The first kappa shape index (κ1) is 8.88. The molecule has 1 aromatic heterocycles. The van der Waals surface area contributed by atoms with Gasteiger partial charge in [0.2, 0.25) is 0 Å². The van der Waals surface area contributed by atoms with Gasteiger partial charge in [0.15, 0.2) is 0 Å². The van der Waals surface area contributed by atoms with E-state index in [-0.39, 0.29) is 0 Å². The highest BCUT2D eigenvalue weighted by Gasteiger charge is 2.20. The molecule has 0 spiro atoms. The molecule has 0 amide bonds. The maximum Gasteiger partial charge on any atom is 0.0664 e. The highest BCUT2D eigenvalue weighted by Crippen LogP contribution is 2.30. The fourth-order valence-electron chi connectivity index (χ4n) is 1.27. The van der Waals surface area contributed by atoms with E-state index in [0.717, 1.165) is 12.5 Å². The van der Waals surface area contributed by atoms with Gasteiger partial charge in [-0.2, -0.15) is 0 Å². The third-order valence-electron chi connectivity index (χ3n) is 2.28. The summed E-state index contributed by atoms with van der Waals surface area (Å²) >= 11 is 1.76. The number of hydrogen-bond acceptors (Lipinski definition) is 3. The first-order valence-electron chi connectivity index (χ1n) is 4.62. The van der Waals surface area contributed by atoms with Gasteiger partial charge in [-0.15, -0.1) is 11.8 Å². The van der Waals surface area contributed by atoms with Crippen molar-refractivity contribution in [1.29, 1.82) is 0 Å². The van der Waals surface area contributed by atoms with E-state index < -0.39 is 0 Å². The lowest BCUT2D eigenvalue weighted by molar-refractivity contribution is 0.884. The Balaban J connectivity index is 1.99. The average molecular weight is 194 g/mol. The van der Waals surface area contributed by atoms with E-state index in [0.29, 0.717) is 0 Å². The minimum Gasteiger partial charge on any atom is -0.383 e. The Labute approximate surface area is 83.1 Å². The number of rotatable bonds is 4. The Morgan fingerprint density at radius 3 is 3.15 bits per heavy atom. The normalized spacial score (nSPS) is 15.8. The molecule has 1 aliphatic rings. The molecule has 0 saturated heterocycles. The van der Waals surface area contributed by atoms with Gasteiger partial charge in [0.1, 0.15) is 0 Å². The molecule has 2 nitrogen and oxygen atoms in total. The highest BCUT2D eigenvalue weighted by molar-refractivity contribution is 7.98. The molecule has 0 atom stereocenters. The van der Waals surface area contributed by atoms with Gasteiger partial charge in [0, 0.05) is 17.6 Å². The maximum absolute atomic E-state index is 4.12. The van der Waals surface area contributed by atoms with Crippen LogP contribution in [-0.4, -0.2) is 17.8 Å². The molecular formula is C10H14N2S. The summed E-state index contributed by atoms with van der Waals surface area (Å²) in [6.07, 6.45) is 8.63. The van der Waals surface area contributed by atoms with E-state index in [2.05, 4.69) is 22.6 Å². The van der Waals surface area contributed by atoms with Crippen LogP contribution in [0.4, 0.5) is 5.69 Å². The summed E-state index contributed by atoms with van der Waals surface area (Å²) in [5, 5.41) is 3.44. The average Bonchev–Trinajstić information content (AvgIpc) is 2.99. The molecule has 0 aliphatic heterocycles. The summed E-state index contributed by atoms with van der Waals surface area (Å²) in [6.45, 7) is 1.11. The zero-order chi connectivity index (χ0) is 9.10. The van der Waals surface area contributed by atoms with Crippen LogP contribution in [0.3, 0.4) is 0 Å². The number of anilines is 1. The monoisotopic (exact) mass is 194 g/mol. The predicted octanol–water partition coefficient (Wildman–Crippen LogP) is 2.63. The van der Waals surface area contributed by atoms with E-state index in [4.69, 9.17) is 0 Å². The van der Waals surface area contributed by atoms with E-state index in [1.807, 2.05) is 12.4 Å².